The molecule has 2 aromatic rings. The van der Waals surface area contributed by atoms with Gasteiger partial charge in [-0.25, -0.2) is 8.42 Å². The van der Waals surface area contributed by atoms with Crippen LogP contribution in [-0.4, -0.2) is 15.5 Å². The zero-order valence-electron chi connectivity index (χ0n) is 12.5. The molecule has 0 saturated carbocycles. The van der Waals surface area contributed by atoms with Crippen LogP contribution in [-0.2, 0) is 9.84 Å². The number of nitrogens with zero attached hydrogens (tertiary/aromatic N) is 1. The zero-order valence-corrected chi connectivity index (χ0v) is 14.8. The Morgan fingerprint density at radius 2 is 1.88 bits per heavy atom. The van der Waals surface area contributed by atoms with E-state index in [2.05, 4.69) is 5.32 Å². The van der Waals surface area contributed by atoms with Crippen molar-refractivity contribution in [1.82, 2.24) is 0 Å². The number of nitriles is 1. The third-order valence-corrected chi connectivity index (χ3v) is 5.27. The quantitative estimate of drug-likeness (QED) is 0.781. The summed E-state index contributed by atoms with van der Waals surface area (Å²) in [4.78, 5) is -0.453. The van der Waals surface area contributed by atoms with E-state index in [1.54, 1.807) is 24.3 Å². The Hall–Kier alpha value is -2.20. The molecule has 0 radical (unpaired) electrons. The van der Waals surface area contributed by atoms with Crippen LogP contribution in [0.3, 0.4) is 0 Å². The van der Waals surface area contributed by atoms with Crippen LogP contribution < -0.4 is 10.1 Å². The fourth-order valence-corrected chi connectivity index (χ4v) is 3.28. The minimum atomic E-state index is -3.94. The molecule has 0 aliphatic rings. The summed E-state index contributed by atoms with van der Waals surface area (Å²) in [6.07, 6.45) is 1.11. The molecule has 24 heavy (non-hydrogen) atoms. The third kappa shape index (κ3) is 4.01. The number of ether oxygens (including phenoxy) is 1. The highest BCUT2D eigenvalue weighted by Gasteiger charge is 2.20. The Labute approximate surface area is 150 Å². The van der Waals surface area contributed by atoms with E-state index < -0.39 is 14.7 Å². The van der Waals surface area contributed by atoms with Gasteiger partial charge in [-0.05, 0) is 42.5 Å². The highest BCUT2D eigenvalue weighted by Crippen LogP contribution is 2.27. The second-order valence-corrected chi connectivity index (χ2v) is 7.33. The maximum Gasteiger partial charge on any atom is 0.218 e. The van der Waals surface area contributed by atoms with E-state index in [0.29, 0.717) is 21.5 Å². The molecular weight excluding hydrogens is 371 g/mol. The molecule has 0 aliphatic carbocycles. The molecule has 0 heterocycles. The molecule has 0 unspecified atom stereocenters. The average molecular weight is 383 g/mol. The first-order valence-electron chi connectivity index (χ1n) is 6.59. The Bertz CT molecular complexity index is 917. The van der Waals surface area contributed by atoms with Crippen molar-refractivity contribution in [2.24, 2.45) is 0 Å². The number of anilines is 1. The lowest BCUT2D eigenvalue weighted by Gasteiger charge is -2.07. The normalized spacial score (nSPS) is 11.7. The van der Waals surface area contributed by atoms with Gasteiger partial charge in [-0.3, -0.25) is 0 Å². The van der Waals surface area contributed by atoms with Crippen LogP contribution in [0.4, 0.5) is 5.69 Å². The smallest absolute Gasteiger partial charge is 0.218 e. The first kappa shape index (κ1) is 18.1. The predicted octanol–water partition coefficient (Wildman–Crippen LogP) is 4.25. The lowest BCUT2D eigenvalue weighted by Crippen LogP contribution is -2.05. The van der Waals surface area contributed by atoms with Crippen LogP contribution in [0.1, 0.15) is 0 Å². The molecule has 0 aliphatic heterocycles. The monoisotopic (exact) mass is 382 g/mol. The molecule has 8 heteroatoms. The SMILES string of the molecule is COc1ccc(N/C=C(/C#N)S(=O)(=O)c2ccc(Cl)cc2)cc1Cl. The lowest BCUT2D eigenvalue weighted by atomic mass is 10.3. The predicted molar refractivity (Wildman–Crippen MR) is 94.0 cm³/mol. The van der Waals surface area contributed by atoms with Crippen LogP contribution in [0.5, 0.6) is 5.75 Å². The fraction of sp³-hybridized carbons (Fsp3) is 0.0625. The summed E-state index contributed by atoms with van der Waals surface area (Å²) < 4.78 is 29.9. The summed E-state index contributed by atoms with van der Waals surface area (Å²) in [5.41, 5.74) is 0.514. The van der Waals surface area contributed by atoms with Gasteiger partial charge in [0.15, 0.2) is 4.91 Å². The van der Waals surface area contributed by atoms with Crippen LogP contribution in [0, 0.1) is 11.3 Å². The Balaban J connectivity index is 2.30. The van der Waals surface area contributed by atoms with Crippen molar-refractivity contribution < 1.29 is 13.2 Å². The molecule has 0 bridgehead atoms. The second kappa shape index (κ2) is 7.58. The molecule has 124 valence electrons. The number of halogens is 2. The topological polar surface area (TPSA) is 79.2 Å². The Morgan fingerprint density at radius 1 is 1.21 bits per heavy atom. The van der Waals surface area contributed by atoms with Gasteiger partial charge in [0.05, 0.1) is 17.0 Å². The van der Waals surface area contributed by atoms with Gasteiger partial charge in [0.2, 0.25) is 9.84 Å². The van der Waals surface area contributed by atoms with Crippen molar-refractivity contribution >= 4 is 38.7 Å². The van der Waals surface area contributed by atoms with E-state index in [-0.39, 0.29) is 4.90 Å². The first-order chi connectivity index (χ1) is 11.4. The van der Waals surface area contributed by atoms with Gasteiger partial charge in [-0.2, -0.15) is 5.26 Å². The molecule has 1 N–H and O–H groups in total. The highest BCUT2D eigenvalue weighted by atomic mass is 35.5. The van der Waals surface area contributed by atoms with E-state index in [0.717, 1.165) is 6.20 Å². The van der Waals surface area contributed by atoms with Gasteiger partial charge in [0, 0.05) is 16.9 Å². The number of hydrogen-bond acceptors (Lipinski definition) is 5. The minimum Gasteiger partial charge on any atom is -0.495 e. The number of hydrogen-bond donors (Lipinski definition) is 1. The Morgan fingerprint density at radius 3 is 2.42 bits per heavy atom. The molecule has 0 saturated heterocycles. The summed E-state index contributed by atoms with van der Waals surface area (Å²) in [5, 5.41) is 12.7. The molecule has 2 aromatic carbocycles. The first-order valence-corrected chi connectivity index (χ1v) is 8.83. The van der Waals surface area contributed by atoms with E-state index in [1.165, 1.54) is 31.4 Å². The van der Waals surface area contributed by atoms with Gasteiger partial charge in [0.25, 0.3) is 0 Å². The maximum absolute atomic E-state index is 12.4. The lowest BCUT2D eigenvalue weighted by molar-refractivity contribution is 0.415. The van der Waals surface area contributed by atoms with Gasteiger partial charge in [-0.15, -0.1) is 0 Å². The van der Waals surface area contributed by atoms with E-state index in [9.17, 15) is 13.7 Å². The van der Waals surface area contributed by atoms with Gasteiger partial charge < -0.3 is 10.1 Å². The van der Waals surface area contributed by atoms with Gasteiger partial charge >= 0.3 is 0 Å². The zero-order chi connectivity index (χ0) is 17.7. The standard InChI is InChI=1S/C16H12Cl2N2O3S/c1-23-16-7-4-12(8-15(16)18)20-10-14(9-19)24(21,22)13-5-2-11(17)3-6-13/h2-8,10,20H,1H3/b14-10-. The van der Waals surface area contributed by atoms with Crippen molar-refractivity contribution in [3.63, 3.8) is 0 Å². The van der Waals surface area contributed by atoms with Crippen molar-refractivity contribution in [1.29, 1.82) is 5.26 Å². The summed E-state index contributed by atoms with van der Waals surface area (Å²) in [7, 11) is -2.45. The average Bonchev–Trinajstić information content (AvgIpc) is 2.55. The number of sulfone groups is 1. The molecule has 5 nitrogen and oxygen atoms in total. The molecule has 0 fully saturated rings. The van der Waals surface area contributed by atoms with E-state index in [1.807, 2.05) is 0 Å². The van der Waals surface area contributed by atoms with Crippen molar-refractivity contribution in [3.05, 3.63) is 63.6 Å². The molecular formula is C16H12Cl2N2O3S. The Kier molecular flexibility index (Phi) is 5.73. The number of nitrogens with one attached hydrogen (secondary N) is 1. The van der Waals surface area contributed by atoms with Crippen LogP contribution >= 0.6 is 23.2 Å². The molecule has 0 spiro atoms. The van der Waals surface area contributed by atoms with Crippen LogP contribution in [0.2, 0.25) is 10.0 Å². The van der Waals surface area contributed by atoms with Crippen molar-refractivity contribution in [2.45, 2.75) is 4.90 Å². The summed E-state index contributed by atoms with van der Waals surface area (Å²) in [6, 6.07) is 12.1. The minimum absolute atomic E-state index is 0.0192. The van der Waals surface area contributed by atoms with Crippen LogP contribution in [0.15, 0.2) is 58.5 Å². The second-order valence-electron chi connectivity index (χ2n) is 4.57. The van der Waals surface area contributed by atoms with Gasteiger partial charge in [0.1, 0.15) is 11.8 Å². The summed E-state index contributed by atoms with van der Waals surface area (Å²) in [5.74, 6) is 0.487. The summed E-state index contributed by atoms with van der Waals surface area (Å²) in [6.45, 7) is 0. The van der Waals surface area contributed by atoms with E-state index in [4.69, 9.17) is 27.9 Å². The maximum atomic E-state index is 12.4. The number of rotatable bonds is 5. The molecule has 0 aromatic heterocycles. The number of allylic oxidation sites excluding steroid dienone is 1. The summed E-state index contributed by atoms with van der Waals surface area (Å²) >= 11 is 11.7. The van der Waals surface area contributed by atoms with Crippen LogP contribution in [0.25, 0.3) is 0 Å². The number of methoxy groups -OCH3 is 1. The van der Waals surface area contributed by atoms with E-state index >= 15 is 0 Å². The highest BCUT2D eigenvalue weighted by molar-refractivity contribution is 7.95. The largest absolute Gasteiger partial charge is 0.495 e. The third-order valence-electron chi connectivity index (χ3n) is 3.05. The molecule has 2 rings (SSSR count). The number of benzene rings is 2. The van der Waals surface area contributed by atoms with Gasteiger partial charge in [-0.1, -0.05) is 23.2 Å². The fourth-order valence-electron chi connectivity index (χ4n) is 1.82. The van der Waals surface area contributed by atoms with Crippen molar-refractivity contribution in [3.8, 4) is 11.8 Å². The molecule has 0 amide bonds. The van der Waals surface area contributed by atoms with Crippen molar-refractivity contribution in [2.75, 3.05) is 12.4 Å². The molecule has 0 atom stereocenters.